The third-order valence-electron chi connectivity index (χ3n) is 2.86. The van der Waals surface area contributed by atoms with Crippen LogP contribution in [0.2, 0.25) is 0 Å². The van der Waals surface area contributed by atoms with E-state index in [4.69, 9.17) is 4.74 Å². The summed E-state index contributed by atoms with van der Waals surface area (Å²) in [6.07, 6.45) is 5.98. The number of nitrogens with one attached hydrogen (secondary N) is 2. The van der Waals surface area contributed by atoms with Crippen LogP contribution < -0.4 is 15.6 Å². The lowest BCUT2D eigenvalue weighted by molar-refractivity contribution is -0.117. The largest absolute Gasteiger partial charge is 0.494 e. The number of aromatic nitrogens is 1. The molecule has 23 heavy (non-hydrogen) atoms. The number of benzene rings is 1. The van der Waals surface area contributed by atoms with Crippen LogP contribution in [-0.2, 0) is 4.79 Å². The third kappa shape index (κ3) is 5.28. The Balaban J connectivity index is 1.83. The van der Waals surface area contributed by atoms with Gasteiger partial charge in [0.05, 0.1) is 6.61 Å². The summed E-state index contributed by atoms with van der Waals surface area (Å²) in [5.41, 5.74) is 5.90. The highest BCUT2D eigenvalue weighted by Gasteiger charge is 2.04. The van der Waals surface area contributed by atoms with E-state index < -0.39 is 11.8 Å². The van der Waals surface area contributed by atoms with Crippen molar-refractivity contribution in [3.63, 3.8) is 0 Å². The molecule has 0 aliphatic rings. The summed E-state index contributed by atoms with van der Waals surface area (Å²) < 4.78 is 5.34. The number of rotatable bonds is 5. The lowest BCUT2D eigenvalue weighted by Crippen LogP contribution is -2.40. The van der Waals surface area contributed by atoms with Gasteiger partial charge < -0.3 is 4.74 Å². The fourth-order valence-corrected chi connectivity index (χ4v) is 1.75. The van der Waals surface area contributed by atoms with Crippen LogP contribution in [0, 0.1) is 0 Å². The van der Waals surface area contributed by atoms with E-state index in [1.54, 1.807) is 18.2 Å². The molecule has 2 N–H and O–H groups in total. The number of carbonyl (C=O) groups excluding carboxylic acids is 2. The Hall–Kier alpha value is -3.15. The van der Waals surface area contributed by atoms with Gasteiger partial charge in [0.2, 0.25) is 0 Å². The molecule has 2 aromatic rings. The van der Waals surface area contributed by atoms with Crippen LogP contribution in [-0.4, -0.2) is 23.4 Å². The van der Waals surface area contributed by atoms with E-state index in [2.05, 4.69) is 15.8 Å². The van der Waals surface area contributed by atoms with Crippen LogP contribution in [0.1, 0.15) is 22.8 Å². The zero-order valence-corrected chi connectivity index (χ0v) is 12.7. The normalized spacial score (nSPS) is 10.3. The predicted molar refractivity (Wildman–Crippen MR) is 86.5 cm³/mol. The summed E-state index contributed by atoms with van der Waals surface area (Å²) in [4.78, 5) is 27.2. The molecular formula is C17H17N3O3. The first-order valence-corrected chi connectivity index (χ1v) is 7.10. The van der Waals surface area contributed by atoms with E-state index in [0.29, 0.717) is 12.2 Å². The van der Waals surface area contributed by atoms with Gasteiger partial charge in [0, 0.05) is 24.0 Å². The van der Waals surface area contributed by atoms with Crippen LogP contribution >= 0.6 is 0 Å². The summed E-state index contributed by atoms with van der Waals surface area (Å²) in [6, 6.07) is 10.4. The number of nitrogens with zero attached hydrogens (tertiary/aromatic N) is 1. The number of carbonyl (C=O) groups is 2. The average Bonchev–Trinajstić information content (AvgIpc) is 2.60. The molecule has 6 heteroatoms. The number of pyridine rings is 1. The lowest BCUT2D eigenvalue weighted by Gasteiger charge is -2.05. The standard InChI is InChI=1S/C17H17N3O3/c1-2-23-15-6-3-13(4-7-15)5-8-16(21)19-20-17(22)14-9-11-18-12-10-14/h3-12H,2H2,1H3,(H,19,21)(H,20,22)/b8-5+. The average molecular weight is 311 g/mol. The molecule has 0 aliphatic heterocycles. The molecule has 0 aliphatic carbocycles. The van der Waals surface area contributed by atoms with E-state index in [0.717, 1.165) is 11.3 Å². The second-order valence-electron chi connectivity index (χ2n) is 4.51. The highest BCUT2D eigenvalue weighted by Crippen LogP contribution is 2.12. The smallest absolute Gasteiger partial charge is 0.269 e. The Labute approximate surface area is 134 Å². The van der Waals surface area contributed by atoms with Gasteiger partial charge in [0.25, 0.3) is 11.8 Å². The van der Waals surface area contributed by atoms with Gasteiger partial charge in [-0.15, -0.1) is 0 Å². The molecule has 0 radical (unpaired) electrons. The quantitative estimate of drug-likeness (QED) is 0.653. The Morgan fingerprint density at radius 1 is 1.09 bits per heavy atom. The van der Waals surface area contributed by atoms with Crippen LogP contribution in [0.4, 0.5) is 0 Å². The van der Waals surface area contributed by atoms with E-state index >= 15 is 0 Å². The Kier molecular flexibility index (Phi) is 5.88. The van der Waals surface area contributed by atoms with Gasteiger partial charge in [-0.1, -0.05) is 12.1 Å². The Bertz CT molecular complexity index is 682. The minimum atomic E-state index is -0.429. The maximum absolute atomic E-state index is 11.7. The minimum Gasteiger partial charge on any atom is -0.494 e. The van der Waals surface area contributed by atoms with Crippen molar-refractivity contribution < 1.29 is 14.3 Å². The van der Waals surface area contributed by atoms with E-state index in [1.165, 1.54) is 18.5 Å². The number of hydrogen-bond donors (Lipinski definition) is 2. The van der Waals surface area contributed by atoms with Crippen molar-refractivity contribution in [2.75, 3.05) is 6.61 Å². The number of amides is 2. The van der Waals surface area contributed by atoms with Gasteiger partial charge >= 0.3 is 0 Å². The molecule has 0 saturated carbocycles. The van der Waals surface area contributed by atoms with E-state index in [-0.39, 0.29) is 0 Å². The minimum absolute atomic E-state index is 0.407. The maximum Gasteiger partial charge on any atom is 0.269 e. The van der Waals surface area contributed by atoms with Gasteiger partial charge in [-0.05, 0) is 42.8 Å². The Morgan fingerprint density at radius 3 is 2.43 bits per heavy atom. The van der Waals surface area contributed by atoms with Crippen molar-refractivity contribution >= 4 is 17.9 Å². The van der Waals surface area contributed by atoms with Crippen molar-refractivity contribution in [1.82, 2.24) is 15.8 Å². The van der Waals surface area contributed by atoms with Gasteiger partial charge in [-0.25, -0.2) is 0 Å². The van der Waals surface area contributed by atoms with Crippen molar-refractivity contribution in [3.05, 3.63) is 66.0 Å². The highest BCUT2D eigenvalue weighted by atomic mass is 16.5. The summed E-state index contributed by atoms with van der Waals surface area (Å²) in [5, 5.41) is 0. The summed E-state index contributed by atoms with van der Waals surface area (Å²) in [7, 11) is 0. The third-order valence-corrected chi connectivity index (χ3v) is 2.86. The van der Waals surface area contributed by atoms with Crippen molar-refractivity contribution in [3.8, 4) is 5.75 Å². The van der Waals surface area contributed by atoms with E-state index in [9.17, 15) is 9.59 Å². The number of ether oxygens (including phenoxy) is 1. The molecule has 0 spiro atoms. The monoisotopic (exact) mass is 311 g/mol. The zero-order valence-electron chi connectivity index (χ0n) is 12.7. The molecule has 118 valence electrons. The fraction of sp³-hybridized carbons (Fsp3) is 0.118. The molecule has 1 aromatic carbocycles. The van der Waals surface area contributed by atoms with Crippen molar-refractivity contribution in [2.24, 2.45) is 0 Å². The second-order valence-corrected chi connectivity index (χ2v) is 4.51. The summed E-state index contributed by atoms with van der Waals surface area (Å²) in [6.45, 7) is 2.52. The van der Waals surface area contributed by atoms with Crippen LogP contribution in [0.15, 0.2) is 54.9 Å². The van der Waals surface area contributed by atoms with Gasteiger partial charge in [0.1, 0.15) is 5.75 Å². The molecule has 0 unspecified atom stereocenters. The summed E-state index contributed by atoms with van der Waals surface area (Å²) in [5.74, 6) is -0.0600. The molecule has 0 atom stereocenters. The molecular weight excluding hydrogens is 294 g/mol. The topological polar surface area (TPSA) is 80.3 Å². The van der Waals surface area contributed by atoms with Crippen LogP contribution in [0.5, 0.6) is 5.75 Å². The number of hydrogen-bond acceptors (Lipinski definition) is 4. The van der Waals surface area contributed by atoms with Crippen molar-refractivity contribution in [1.29, 1.82) is 0 Å². The van der Waals surface area contributed by atoms with Gasteiger partial charge in [-0.3, -0.25) is 25.4 Å². The van der Waals surface area contributed by atoms with Crippen molar-refractivity contribution in [2.45, 2.75) is 6.92 Å². The molecule has 2 rings (SSSR count). The van der Waals surface area contributed by atoms with Gasteiger partial charge in [0.15, 0.2) is 0 Å². The summed E-state index contributed by atoms with van der Waals surface area (Å²) >= 11 is 0. The fourth-order valence-electron chi connectivity index (χ4n) is 1.75. The first kappa shape index (κ1) is 16.2. The maximum atomic E-state index is 11.7. The van der Waals surface area contributed by atoms with E-state index in [1.807, 2.05) is 31.2 Å². The first-order chi connectivity index (χ1) is 11.2. The van der Waals surface area contributed by atoms with Gasteiger partial charge in [-0.2, -0.15) is 0 Å². The predicted octanol–water partition coefficient (Wildman–Crippen LogP) is 1.95. The molecule has 0 fully saturated rings. The lowest BCUT2D eigenvalue weighted by atomic mass is 10.2. The molecule has 6 nitrogen and oxygen atoms in total. The highest BCUT2D eigenvalue weighted by molar-refractivity contribution is 5.97. The molecule has 0 bridgehead atoms. The molecule has 1 aromatic heterocycles. The Morgan fingerprint density at radius 2 is 1.78 bits per heavy atom. The molecule has 0 saturated heterocycles. The molecule has 2 amide bonds. The van der Waals surface area contributed by atoms with Crippen LogP contribution in [0.25, 0.3) is 6.08 Å². The van der Waals surface area contributed by atoms with Crippen LogP contribution in [0.3, 0.4) is 0 Å². The first-order valence-electron chi connectivity index (χ1n) is 7.10. The molecule has 1 heterocycles. The zero-order chi connectivity index (χ0) is 16.5. The second kappa shape index (κ2) is 8.33. The SMILES string of the molecule is CCOc1ccc(/C=C/C(=O)NNC(=O)c2ccncc2)cc1. The number of hydrazine groups is 1.